The molecular weight excluding hydrogens is 202 g/mol. The molecule has 1 aliphatic rings. The van der Waals surface area contributed by atoms with Gasteiger partial charge in [0.2, 0.25) is 0 Å². The number of hydrogen-bond acceptors (Lipinski definition) is 3. The van der Waals surface area contributed by atoms with Crippen molar-refractivity contribution in [3.05, 3.63) is 23.4 Å². The van der Waals surface area contributed by atoms with Crippen LogP contribution in [0.4, 0.5) is 0 Å². The molecule has 0 bridgehead atoms. The molecule has 16 heavy (non-hydrogen) atoms. The normalized spacial score (nSPS) is 34.7. The van der Waals surface area contributed by atoms with E-state index in [2.05, 4.69) is 31.3 Å². The van der Waals surface area contributed by atoms with Gasteiger partial charge in [0.25, 0.3) is 0 Å². The molecule has 2 atom stereocenters. The van der Waals surface area contributed by atoms with Crippen molar-refractivity contribution in [2.24, 2.45) is 0 Å². The van der Waals surface area contributed by atoms with Gasteiger partial charge < -0.3 is 14.8 Å². The number of ether oxygens (including phenoxy) is 2. The van der Waals surface area contributed by atoms with Crippen molar-refractivity contribution in [1.29, 1.82) is 0 Å². The molecule has 1 rings (SSSR count). The van der Waals surface area contributed by atoms with Crippen LogP contribution in [0.3, 0.4) is 0 Å². The molecule has 0 radical (unpaired) electrons. The van der Waals surface area contributed by atoms with Crippen LogP contribution < -0.4 is 5.32 Å². The van der Waals surface area contributed by atoms with Gasteiger partial charge in [-0.2, -0.15) is 0 Å². The summed E-state index contributed by atoms with van der Waals surface area (Å²) in [6.45, 7) is 6.29. The fourth-order valence-electron chi connectivity index (χ4n) is 2.46. The van der Waals surface area contributed by atoms with Crippen molar-refractivity contribution in [1.82, 2.24) is 5.32 Å². The minimum Gasteiger partial charge on any atom is -0.369 e. The van der Waals surface area contributed by atoms with Crippen molar-refractivity contribution in [2.45, 2.75) is 45.4 Å². The van der Waals surface area contributed by atoms with E-state index in [4.69, 9.17) is 9.47 Å². The zero-order chi connectivity index (χ0) is 12.2. The molecule has 0 spiro atoms. The lowest BCUT2D eigenvalue weighted by Gasteiger charge is -2.32. The first-order chi connectivity index (χ1) is 7.69. The molecule has 0 aromatic heterocycles. The molecule has 1 saturated heterocycles. The maximum atomic E-state index is 5.73. The van der Waals surface area contributed by atoms with Crippen molar-refractivity contribution in [3.63, 3.8) is 0 Å². The fraction of sp³-hybridized carbons (Fsp3) is 0.692. The molecular formula is C13H23NO2. The summed E-state index contributed by atoms with van der Waals surface area (Å²) in [5, 5.41) is 3.38. The predicted molar refractivity (Wildman–Crippen MR) is 66.1 cm³/mol. The minimum atomic E-state index is -0.357. The van der Waals surface area contributed by atoms with Gasteiger partial charge in [-0.3, -0.25) is 0 Å². The average Bonchev–Trinajstić information content (AvgIpc) is 2.62. The van der Waals surface area contributed by atoms with Gasteiger partial charge in [0.05, 0.1) is 0 Å². The maximum absolute atomic E-state index is 5.73. The third-order valence-electron chi connectivity index (χ3n) is 3.28. The molecule has 0 aromatic rings. The van der Waals surface area contributed by atoms with E-state index >= 15 is 0 Å². The van der Waals surface area contributed by atoms with Crippen LogP contribution in [-0.4, -0.2) is 26.0 Å². The quantitative estimate of drug-likeness (QED) is 0.797. The molecule has 1 fully saturated rings. The van der Waals surface area contributed by atoms with E-state index < -0.39 is 0 Å². The number of nitrogens with one attached hydrogen (secondary N) is 1. The molecule has 1 N–H and O–H groups in total. The van der Waals surface area contributed by atoms with Gasteiger partial charge in [0.1, 0.15) is 5.60 Å². The van der Waals surface area contributed by atoms with Crippen molar-refractivity contribution in [3.8, 4) is 0 Å². The van der Waals surface area contributed by atoms with Crippen LogP contribution in [0, 0.1) is 0 Å². The van der Waals surface area contributed by atoms with Crippen LogP contribution in [0.2, 0.25) is 0 Å². The first kappa shape index (κ1) is 13.3. The second kappa shape index (κ2) is 5.51. The first-order valence-electron chi connectivity index (χ1n) is 5.91. The van der Waals surface area contributed by atoms with Crippen LogP contribution in [0.1, 0.15) is 33.6 Å². The summed E-state index contributed by atoms with van der Waals surface area (Å²) < 4.78 is 11.2. The summed E-state index contributed by atoms with van der Waals surface area (Å²) in [6, 6.07) is 0. The van der Waals surface area contributed by atoms with Gasteiger partial charge in [-0.1, -0.05) is 26.0 Å². The third kappa shape index (κ3) is 1.89. The summed E-state index contributed by atoms with van der Waals surface area (Å²) in [7, 11) is 3.46. The largest absolute Gasteiger partial charge is 0.369 e. The van der Waals surface area contributed by atoms with Crippen molar-refractivity contribution >= 4 is 0 Å². The van der Waals surface area contributed by atoms with E-state index in [9.17, 15) is 0 Å². The lowest BCUT2D eigenvalue weighted by atomic mass is 9.90. The highest BCUT2D eigenvalue weighted by molar-refractivity contribution is 5.43. The van der Waals surface area contributed by atoms with Crippen LogP contribution in [0.25, 0.3) is 0 Å². The minimum absolute atomic E-state index is 0.105. The SMILES string of the molecule is CC=C1/C(=C\CC)N[C@H](OC)[C@]1(CC)OC. The molecule has 92 valence electrons. The highest BCUT2D eigenvalue weighted by Crippen LogP contribution is 2.39. The summed E-state index contributed by atoms with van der Waals surface area (Å²) in [5.74, 6) is 0. The highest BCUT2D eigenvalue weighted by Gasteiger charge is 2.48. The Kier molecular flexibility index (Phi) is 4.56. The Labute approximate surface area is 98.5 Å². The third-order valence-corrected chi connectivity index (χ3v) is 3.28. The fourth-order valence-corrected chi connectivity index (χ4v) is 2.46. The second-order valence-corrected chi connectivity index (χ2v) is 3.94. The molecule has 1 aliphatic heterocycles. The van der Waals surface area contributed by atoms with Crippen LogP contribution in [-0.2, 0) is 9.47 Å². The van der Waals surface area contributed by atoms with Crippen LogP contribution in [0.15, 0.2) is 23.4 Å². The molecule has 3 heteroatoms. The Morgan fingerprint density at radius 1 is 1.38 bits per heavy atom. The summed E-state index contributed by atoms with van der Waals surface area (Å²) in [6.07, 6.45) is 6.07. The lowest BCUT2D eigenvalue weighted by molar-refractivity contribution is -0.0888. The van der Waals surface area contributed by atoms with E-state index in [1.807, 2.05) is 6.92 Å². The molecule has 0 aliphatic carbocycles. The Balaban J connectivity index is 3.18. The molecule has 0 saturated carbocycles. The van der Waals surface area contributed by atoms with E-state index in [0.29, 0.717) is 0 Å². The zero-order valence-corrected chi connectivity index (χ0v) is 11.0. The maximum Gasteiger partial charge on any atom is 0.160 e. The van der Waals surface area contributed by atoms with Crippen molar-refractivity contribution in [2.75, 3.05) is 14.2 Å². The molecule has 0 amide bonds. The van der Waals surface area contributed by atoms with Gasteiger partial charge in [-0.15, -0.1) is 0 Å². The topological polar surface area (TPSA) is 30.5 Å². The number of allylic oxidation sites excluding steroid dienone is 2. The first-order valence-corrected chi connectivity index (χ1v) is 5.91. The van der Waals surface area contributed by atoms with E-state index in [1.165, 1.54) is 5.57 Å². The zero-order valence-electron chi connectivity index (χ0n) is 11.0. The van der Waals surface area contributed by atoms with E-state index in [1.54, 1.807) is 14.2 Å². The van der Waals surface area contributed by atoms with Crippen LogP contribution in [0.5, 0.6) is 0 Å². The summed E-state index contributed by atoms with van der Waals surface area (Å²) >= 11 is 0. The predicted octanol–water partition coefficient (Wildman–Crippen LogP) is 2.60. The molecule has 0 aromatic carbocycles. The van der Waals surface area contributed by atoms with Crippen LogP contribution >= 0.6 is 0 Å². The molecule has 3 nitrogen and oxygen atoms in total. The number of rotatable bonds is 4. The van der Waals surface area contributed by atoms with E-state index in [-0.39, 0.29) is 11.8 Å². The average molecular weight is 225 g/mol. The standard InChI is InChI=1S/C13H23NO2/c1-6-9-11-10(7-2)13(8-3,16-5)12(14-11)15-4/h7,9,12,14H,6,8H2,1-5H3/b10-7?,11-9+/t12-,13-/m1/s1. The smallest absolute Gasteiger partial charge is 0.160 e. The van der Waals surface area contributed by atoms with E-state index in [0.717, 1.165) is 18.5 Å². The van der Waals surface area contributed by atoms with Crippen molar-refractivity contribution < 1.29 is 9.47 Å². The highest BCUT2D eigenvalue weighted by atomic mass is 16.5. The Hall–Kier alpha value is -0.800. The van der Waals surface area contributed by atoms with Gasteiger partial charge in [0.15, 0.2) is 6.23 Å². The van der Waals surface area contributed by atoms with Gasteiger partial charge in [-0.25, -0.2) is 0 Å². The monoisotopic (exact) mass is 225 g/mol. The lowest BCUT2D eigenvalue weighted by Crippen LogP contribution is -2.45. The Bertz CT molecular complexity index is 290. The number of hydrogen-bond donors (Lipinski definition) is 1. The van der Waals surface area contributed by atoms with Gasteiger partial charge >= 0.3 is 0 Å². The van der Waals surface area contributed by atoms with Gasteiger partial charge in [0, 0.05) is 25.5 Å². The van der Waals surface area contributed by atoms with Gasteiger partial charge in [-0.05, 0) is 19.8 Å². The summed E-state index contributed by atoms with van der Waals surface area (Å²) in [4.78, 5) is 0. The molecule has 1 heterocycles. The number of methoxy groups -OCH3 is 2. The Morgan fingerprint density at radius 2 is 2.06 bits per heavy atom. The second-order valence-electron chi connectivity index (χ2n) is 3.94. The molecule has 0 unspecified atom stereocenters. The summed E-state index contributed by atoms with van der Waals surface area (Å²) in [5.41, 5.74) is 1.98. The Morgan fingerprint density at radius 3 is 2.44 bits per heavy atom.